The van der Waals surface area contributed by atoms with Crippen LogP contribution >= 0.6 is 23.2 Å². The van der Waals surface area contributed by atoms with Gasteiger partial charge in [-0.25, -0.2) is 0 Å². The largest absolute Gasteiger partial charge is 0.491 e. The molecule has 0 radical (unpaired) electrons. The molecule has 6 heteroatoms. The SMILES string of the molecule is O=C(Cc1ccc(Cl)c(Cl)c1)Nc1ccc(OCCO)cc1. The third kappa shape index (κ3) is 4.91. The number of hydrogen-bond acceptors (Lipinski definition) is 3. The molecule has 0 saturated heterocycles. The van der Waals surface area contributed by atoms with Crippen molar-refractivity contribution in [1.82, 2.24) is 0 Å². The van der Waals surface area contributed by atoms with E-state index >= 15 is 0 Å². The highest BCUT2D eigenvalue weighted by Crippen LogP contribution is 2.23. The third-order valence-electron chi connectivity index (χ3n) is 2.85. The summed E-state index contributed by atoms with van der Waals surface area (Å²) >= 11 is 11.8. The van der Waals surface area contributed by atoms with Crippen LogP contribution in [0.5, 0.6) is 5.75 Å². The van der Waals surface area contributed by atoms with Crippen molar-refractivity contribution >= 4 is 34.8 Å². The summed E-state index contributed by atoms with van der Waals surface area (Å²) in [4.78, 5) is 12.0. The van der Waals surface area contributed by atoms with Crippen LogP contribution in [0.25, 0.3) is 0 Å². The Bertz CT molecular complexity index is 644. The summed E-state index contributed by atoms with van der Waals surface area (Å²) in [5, 5.41) is 12.4. The maximum Gasteiger partial charge on any atom is 0.228 e. The summed E-state index contributed by atoms with van der Waals surface area (Å²) in [5.41, 5.74) is 1.45. The van der Waals surface area contributed by atoms with Crippen molar-refractivity contribution in [3.8, 4) is 5.75 Å². The van der Waals surface area contributed by atoms with E-state index in [2.05, 4.69) is 5.32 Å². The molecule has 0 fully saturated rings. The van der Waals surface area contributed by atoms with Gasteiger partial charge in [-0.3, -0.25) is 4.79 Å². The van der Waals surface area contributed by atoms with Gasteiger partial charge in [-0.05, 0) is 42.0 Å². The average Bonchev–Trinajstić information content (AvgIpc) is 2.50. The van der Waals surface area contributed by atoms with Gasteiger partial charge in [0.05, 0.1) is 23.1 Å². The molecule has 0 aliphatic carbocycles. The van der Waals surface area contributed by atoms with E-state index < -0.39 is 0 Å². The Kier molecular flexibility index (Phi) is 6.07. The monoisotopic (exact) mass is 339 g/mol. The summed E-state index contributed by atoms with van der Waals surface area (Å²) in [5.74, 6) is 0.485. The van der Waals surface area contributed by atoms with E-state index in [9.17, 15) is 4.79 Å². The fourth-order valence-corrected chi connectivity index (χ4v) is 2.16. The third-order valence-corrected chi connectivity index (χ3v) is 3.59. The Hall–Kier alpha value is -1.75. The summed E-state index contributed by atoms with van der Waals surface area (Å²) in [6, 6.07) is 12.0. The Morgan fingerprint density at radius 3 is 2.45 bits per heavy atom. The van der Waals surface area contributed by atoms with Crippen LogP contribution in [0, 0.1) is 0 Å². The Labute approximate surface area is 138 Å². The second-order valence-electron chi connectivity index (χ2n) is 4.57. The van der Waals surface area contributed by atoms with Gasteiger partial charge in [0.2, 0.25) is 5.91 Å². The van der Waals surface area contributed by atoms with Gasteiger partial charge in [-0.2, -0.15) is 0 Å². The molecule has 22 heavy (non-hydrogen) atoms. The number of rotatable bonds is 6. The first-order valence-corrected chi connectivity index (χ1v) is 7.41. The highest BCUT2D eigenvalue weighted by atomic mass is 35.5. The molecule has 4 nitrogen and oxygen atoms in total. The molecule has 2 N–H and O–H groups in total. The molecule has 116 valence electrons. The molecule has 0 unspecified atom stereocenters. The molecular formula is C16H15Cl2NO3. The van der Waals surface area contributed by atoms with Crippen molar-refractivity contribution in [3.05, 3.63) is 58.1 Å². The van der Waals surface area contributed by atoms with Gasteiger partial charge in [0.25, 0.3) is 0 Å². The lowest BCUT2D eigenvalue weighted by Gasteiger charge is -2.08. The Morgan fingerprint density at radius 2 is 1.82 bits per heavy atom. The molecule has 2 aromatic carbocycles. The molecule has 2 rings (SSSR count). The van der Waals surface area contributed by atoms with E-state index in [1.165, 1.54) is 0 Å². The van der Waals surface area contributed by atoms with Crippen molar-refractivity contribution in [2.45, 2.75) is 6.42 Å². The summed E-state index contributed by atoms with van der Waals surface area (Å²) in [6.07, 6.45) is 0.208. The molecule has 0 aromatic heterocycles. The number of hydrogen-bond donors (Lipinski definition) is 2. The van der Waals surface area contributed by atoms with Gasteiger partial charge in [0.1, 0.15) is 12.4 Å². The van der Waals surface area contributed by atoms with Crippen molar-refractivity contribution in [3.63, 3.8) is 0 Å². The van der Waals surface area contributed by atoms with Crippen molar-refractivity contribution in [2.24, 2.45) is 0 Å². The standard InChI is InChI=1S/C16H15Cl2NO3/c17-14-6-1-11(9-15(14)18)10-16(21)19-12-2-4-13(5-3-12)22-8-7-20/h1-6,9,20H,7-8,10H2,(H,19,21). The van der Waals surface area contributed by atoms with E-state index in [1.807, 2.05) is 0 Å². The summed E-state index contributed by atoms with van der Waals surface area (Å²) in [7, 11) is 0. The topological polar surface area (TPSA) is 58.6 Å². The maximum atomic E-state index is 12.0. The minimum atomic E-state index is -0.151. The van der Waals surface area contributed by atoms with Crippen molar-refractivity contribution in [2.75, 3.05) is 18.5 Å². The van der Waals surface area contributed by atoms with Gasteiger partial charge in [0.15, 0.2) is 0 Å². The molecule has 0 atom stereocenters. The Balaban J connectivity index is 1.92. The number of aliphatic hydroxyl groups is 1. The molecule has 0 saturated carbocycles. The zero-order chi connectivity index (χ0) is 15.9. The molecule has 0 aliphatic heterocycles. The zero-order valence-electron chi connectivity index (χ0n) is 11.7. The normalized spacial score (nSPS) is 10.3. The van der Waals surface area contributed by atoms with Crippen LogP contribution in [0.3, 0.4) is 0 Å². The number of aliphatic hydroxyl groups excluding tert-OH is 1. The van der Waals surface area contributed by atoms with Crippen LogP contribution in [-0.4, -0.2) is 24.2 Å². The number of carbonyl (C=O) groups excluding carboxylic acids is 1. The highest BCUT2D eigenvalue weighted by Gasteiger charge is 2.06. The van der Waals surface area contributed by atoms with E-state index in [1.54, 1.807) is 42.5 Å². The van der Waals surface area contributed by atoms with Crippen LogP contribution in [0.15, 0.2) is 42.5 Å². The fraction of sp³-hybridized carbons (Fsp3) is 0.188. The number of anilines is 1. The van der Waals surface area contributed by atoms with Gasteiger partial charge >= 0.3 is 0 Å². The van der Waals surface area contributed by atoms with Gasteiger partial charge in [0, 0.05) is 5.69 Å². The zero-order valence-corrected chi connectivity index (χ0v) is 13.2. The number of amides is 1. The van der Waals surface area contributed by atoms with Crippen LogP contribution in [0.2, 0.25) is 10.0 Å². The Morgan fingerprint density at radius 1 is 1.09 bits per heavy atom. The van der Waals surface area contributed by atoms with E-state index in [-0.39, 0.29) is 25.5 Å². The average molecular weight is 340 g/mol. The first-order valence-electron chi connectivity index (χ1n) is 6.66. The van der Waals surface area contributed by atoms with Crippen LogP contribution < -0.4 is 10.1 Å². The summed E-state index contributed by atoms with van der Waals surface area (Å²) in [6.45, 7) is 0.200. The summed E-state index contributed by atoms with van der Waals surface area (Å²) < 4.78 is 5.25. The van der Waals surface area contributed by atoms with Gasteiger partial charge in [-0.1, -0.05) is 29.3 Å². The van der Waals surface area contributed by atoms with Crippen molar-refractivity contribution in [1.29, 1.82) is 0 Å². The van der Waals surface area contributed by atoms with Gasteiger partial charge < -0.3 is 15.2 Å². The first kappa shape index (κ1) is 16.6. The quantitative estimate of drug-likeness (QED) is 0.846. The van der Waals surface area contributed by atoms with Crippen LogP contribution in [0.4, 0.5) is 5.69 Å². The number of carbonyl (C=O) groups is 1. The highest BCUT2D eigenvalue weighted by molar-refractivity contribution is 6.42. The number of benzene rings is 2. The smallest absolute Gasteiger partial charge is 0.228 e. The lowest BCUT2D eigenvalue weighted by molar-refractivity contribution is -0.115. The van der Waals surface area contributed by atoms with Crippen molar-refractivity contribution < 1.29 is 14.6 Å². The van der Waals surface area contributed by atoms with Crippen LogP contribution in [0.1, 0.15) is 5.56 Å². The number of nitrogens with one attached hydrogen (secondary N) is 1. The minimum Gasteiger partial charge on any atom is -0.491 e. The fourth-order valence-electron chi connectivity index (χ4n) is 1.84. The molecule has 0 aliphatic rings. The molecule has 0 bridgehead atoms. The maximum absolute atomic E-state index is 12.0. The van der Waals surface area contributed by atoms with Crippen LogP contribution in [-0.2, 0) is 11.2 Å². The second kappa shape index (κ2) is 8.03. The van der Waals surface area contributed by atoms with Gasteiger partial charge in [-0.15, -0.1) is 0 Å². The van der Waals surface area contributed by atoms with E-state index in [0.29, 0.717) is 21.5 Å². The molecule has 2 aromatic rings. The molecule has 1 amide bonds. The second-order valence-corrected chi connectivity index (χ2v) is 5.38. The van der Waals surface area contributed by atoms with E-state index in [0.717, 1.165) is 5.56 Å². The molecular weight excluding hydrogens is 325 g/mol. The predicted octanol–water partition coefficient (Wildman–Crippen LogP) is 3.55. The first-order chi connectivity index (χ1) is 10.6. The lowest BCUT2D eigenvalue weighted by Crippen LogP contribution is -2.14. The predicted molar refractivity (Wildman–Crippen MR) is 87.8 cm³/mol. The lowest BCUT2D eigenvalue weighted by atomic mass is 10.1. The number of halogens is 2. The van der Waals surface area contributed by atoms with E-state index in [4.69, 9.17) is 33.0 Å². The molecule has 0 heterocycles. The number of ether oxygens (including phenoxy) is 1. The minimum absolute atomic E-state index is 0.0395. The molecule has 0 spiro atoms.